The van der Waals surface area contributed by atoms with Gasteiger partial charge in [0.25, 0.3) is 0 Å². The second-order valence-electron chi connectivity index (χ2n) is 4.28. The Labute approximate surface area is 117 Å². The molecule has 0 bridgehead atoms. The molecule has 1 aliphatic heterocycles. The minimum Gasteiger partial charge on any atom is -0.313 e. The van der Waals surface area contributed by atoms with Crippen LogP contribution in [0.2, 0.25) is 5.02 Å². The number of nitrogens with zero attached hydrogens (tertiary/aromatic N) is 2. The van der Waals surface area contributed by atoms with Crippen molar-refractivity contribution in [2.24, 2.45) is 0 Å². The van der Waals surface area contributed by atoms with Crippen LogP contribution in [0.5, 0.6) is 0 Å². The molecule has 1 aromatic carbocycles. The van der Waals surface area contributed by atoms with Crippen molar-refractivity contribution in [3.63, 3.8) is 0 Å². The van der Waals surface area contributed by atoms with Crippen molar-refractivity contribution >= 4 is 21.6 Å². The zero-order valence-electron chi connectivity index (χ0n) is 10.4. The Hall–Kier alpha value is -1.13. The van der Waals surface area contributed by atoms with Gasteiger partial charge in [0.15, 0.2) is 0 Å². The van der Waals surface area contributed by atoms with Gasteiger partial charge in [0.2, 0.25) is 10.0 Å². The number of nitrogens with one attached hydrogen (secondary N) is 1. The maximum absolute atomic E-state index is 12.5. The predicted molar refractivity (Wildman–Crippen MR) is 72.4 cm³/mol. The first kappa shape index (κ1) is 14.3. The molecule has 0 saturated carbocycles. The van der Waals surface area contributed by atoms with E-state index in [2.05, 4.69) is 5.32 Å². The van der Waals surface area contributed by atoms with E-state index >= 15 is 0 Å². The molecule has 0 amide bonds. The first-order valence-corrected chi connectivity index (χ1v) is 7.74. The molecule has 0 aromatic heterocycles. The number of benzene rings is 1. The van der Waals surface area contributed by atoms with Gasteiger partial charge in [-0.05, 0) is 18.2 Å². The lowest BCUT2D eigenvalue weighted by atomic mass is 10.2. The number of rotatable bonds is 4. The quantitative estimate of drug-likeness (QED) is 0.906. The van der Waals surface area contributed by atoms with Crippen LogP contribution in [0.15, 0.2) is 23.1 Å². The van der Waals surface area contributed by atoms with Gasteiger partial charge in [0, 0.05) is 19.6 Å². The van der Waals surface area contributed by atoms with E-state index in [9.17, 15) is 8.42 Å². The molecular weight excluding hydrogens is 286 g/mol. The molecule has 0 unspecified atom stereocenters. The van der Waals surface area contributed by atoms with Crippen LogP contribution < -0.4 is 5.32 Å². The van der Waals surface area contributed by atoms with E-state index < -0.39 is 10.0 Å². The summed E-state index contributed by atoms with van der Waals surface area (Å²) in [7, 11) is -3.61. The molecule has 2 rings (SSSR count). The lowest BCUT2D eigenvalue weighted by Crippen LogP contribution is -2.58. The van der Waals surface area contributed by atoms with Crippen molar-refractivity contribution in [3.05, 3.63) is 28.8 Å². The molecule has 7 heteroatoms. The largest absolute Gasteiger partial charge is 0.313 e. The van der Waals surface area contributed by atoms with Gasteiger partial charge < -0.3 is 5.32 Å². The molecule has 19 heavy (non-hydrogen) atoms. The fourth-order valence-electron chi connectivity index (χ4n) is 2.01. The third kappa shape index (κ3) is 2.60. The molecule has 1 aromatic rings. The second-order valence-corrected chi connectivity index (χ2v) is 6.54. The number of sulfonamides is 1. The summed E-state index contributed by atoms with van der Waals surface area (Å²) in [6.45, 7) is 3.50. The molecule has 5 nitrogen and oxygen atoms in total. The fourth-order valence-corrected chi connectivity index (χ4v) is 4.16. The van der Waals surface area contributed by atoms with E-state index in [1.807, 2.05) is 6.07 Å². The maximum atomic E-state index is 12.5. The Bertz CT molecular complexity index is 620. The highest BCUT2D eigenvalue weighted by atomic mass is 35.5. The number of hydrogen-bond donors (Lipinski definition) is 1. The van der Waals surface area contributed by atoms with Crippen molar-refractivity contribution in [1.29, 1.82) is 5.26 Å². The third-order valence-electron chi connectivity index (χ3n) is 3.13. The van der Waals surface area contributed by atoms with Gasteiger partial charge in [-0.15, -0.1) is 0 Å². The van der Waals surface area contributed by atoms with Crippen LogP contribution in [0.4, 0.5) is 0 Å². The Balaban J connectivity index is 2.41. The van der Waals surface area contributed by atoms with Crippen LogP contribution in [0, 0.1) is 11.3 Å². The topological polar surface area (TPSA) is 73.2 Å². The Morgan fingerprint density at radius 3 is 2.63 bits per heavy atom. The lowest BCUT2D eigenvalue weighted by Gasteiger charge is -2.36. The van der Waals surface area contributed by atoms with Crippen molar-refractivity contribution < 1.29 is 8.42 Å². The van der Waals surface area contributed by atoms with Crippen LogP contribution >= 0.6 is 11.6 Å². The molecule has 1 saturated heterocycles. The van der Waals surface area contributed by atoms with E-state index in [0.717, 1.165) is 0 Å². The minimum absolute atomic E-state index is 0.0262. The molecule has 0 atom stereocenters. The highest BCUT2D eigenvalue weighted by molar-refractivity contribution is 7.89. The van der Waals surface area contributed by atoms with Gasteiger partial charge in [-0.1, -0.05) is 18.5 Å². The van der Waals surface area contributed by atoms with E-state index in [0.29, 0.717) is 25.2 Å². The predicted octanol–water partition coefficient (Wildman–Crippen LogP) is 1.19. The van der Waals surface area contributed by atoms with Crippen LogP contribution in [0.25, 0.3) is 0 Å². The summed E-state index contributed by atoms with van der Waals surface area (Å²) in [6.07, 6.45) is 0. The minimum atomic E-state index is -3.61. The molecule has 0 radical (unpaired) electrons. The smallest absolute Gasteiger partial charge is 0.244 e. The van der Waals surface area contributed by atoms with Gasteiger partial charge in [-0.2, -0.15) is 9.57 Å². The van der Waals surface area contributed by atoms with Crippen molar-refractivity contribution in [2.75, 3.05) is 19.6 Å². The molecule has 1 N–H and O–H groups in total. The first-order valence-electron chi connectivity index (χ1n) is 5.93. The van der Waals surface area contributed by atoms with Gasteiger partial charge >= 0.3 is 0 Å². The fraction of sp³-hybridized carbons (Fsp3) is 0.417. The van der Waals surface area contributed by atoms with E-state index in [-0.39, 0.29) is 16.0 Å². The summed E-state index contributed by atoms with van der Waals surface area (Å²) in [6, 6.07) is 6.14. The van der Waals surface area contributed by atoms with E-state index in [4.69, 9.17) is 16.9 Å². The summed E-state index contributed by atoms with van der Waals surface area (Å²) < 4.78 is 26.5. The highest BCUT2D eigenvalue weighted by Gasteiger charge is 2.34. The summed E-state index contributed by atoms with van der Waals surface area (Å²) >= 11 is 5.99. The average Bonchev–Trinajstić information content (AvgIpc) is 2.32. The lowest BCUT2D eigenvalue weighted by molar-refractivity contribution is 0.249. The highest BCUT2D eigenvalue weighted by Crippen LogP contribution is 2.27. The monoisotopic (exact) mass is 299 g/mol. The van der Waals surface area contributed by atoms with Crippen LogP contribution in [-0.2, 0) is 10.0 Å². The summed E-state index contributed by atoms with van der Waals surface area (Å²) in [5.41, 5.74) is 0.345. The molecule has 1 fully saturated rings. The van der Waals surface area contributed by atoms with E-state index in [1.54, 1.807) is 6.92 Å². The van der Waals surface area contributed by atoms with Crippen LogP contribution in [0.1, 0.15) is 12.5 Å². The molecule has 0 spiro atoms. The van der Waals surface area contributed by atoms with Gasteiger partial charge in [-0.25, -0.2) is 8.42 Å². The standard InChI is InChI=1S/C12H14ClN3O2S/c1-2-16(10-7-15-8-10)19(17,18)12-4-3-9(6-14)5-11(12)13/h3-5,10,15H,2,7-8H2,1H3. The molecule has 102 valence electrons. The normalized spacial score (nSPS) is 16.1. The van der Waals surface area contributed by atoms with Gasteiger partial charge in [0.05, 0.1) is 22.7 Å². The second kappa shape index (κ2) is 5.47. The Morgan fingerprint density at radius 1 is 1.53 bits per heavy atom. The molecule has 0 aliphatic carbocycles. The van der Waals surface area contributed by atoms with Crippen molar-refractivity contribution in [3.8, 4) is 6.07 Å². The zero-order chi connectivity index (χ0) is 14.0. The van der Waals surface area contributed by atoms with Crippen molar-refractivity contribution in [1.82, 2.24) is 9.62 Å². The number of halogens is 1. The molecule has 1 aliphatic rings. The molecule has 1 heterocycles. The first-order chi connectivity index (χ1) is 9.00. The Kier molecular flexibility index (Phi) is 4.11. The number of likely N-dealkylation sites (N-methyl/N-ethyl adjacent to an activating group) is 1. The van der Waals surface area contributed by atoms with Gasteiger partial charge in [0.1, 0.15) is 4.90 Å². The maximum Gasteiger partial charge on any atom is 0.244 e. The SMILES string of the molecule is CCN(C1CNC1)S(=O)(=O)c1ccc(C#N)cc1Cl. The van der Waals surface area contributed by atoms with E-state index in [1.165, 1.54) is 22.5 Å². The molecular formula is C12H14ClN3O2S. The van der Waals surface area contributed by atoms with Crippen LogP contribution in [0.3, 0.4) is 0 Å². The third-order valence-corrected chi connectivity index (χ3v) is 5.64. The summed E-state index contributed by atoms with van der Waals surface area (Å²) in [4.78, 5) is 0.0573. The summed E-state index contributed by atoms with van der Waals surface area (Å²) in [5.74, 6) is 0. The number of nitriles is 1. The van der Waals surface area contributed by atoms with Crippen molar-refractivity contribution in [2.45, 2.75) is 17.9 Å². The van der Waals surface area contributed by atoms with Gasteiger partial charge in [-0.3, -0.25) is 0 Å². The number of hydrogen-bond acceptors (Lipinski definition) is 4. The Morgan fingerprint density at radius 2 is 2.21 bits per heavy atom. The summed E-state index contributed by atoms with van der Waals surface area (Å²) in [5, 5.41) is 11.9. The van der Waals surface area contributed by atoms with Crippen LogP contribution in [-0.4, -0.2) is 38.4 Å². The average molecular weight is 300 g/mol. The zero-order valence-corrected chi connectivity index (χ0v) is 12.0.